The molecule has 2 aliphatic heterocycles. The summed E-state index contributed by atoms with van der Waals surface area (Å²) in [4.78, 5) is 212. The van der Waals surface area contributed by atoms with E-state index >= 15 is 0 Å². The molecule has 23 N–H and O–H groups in total. The second-order valence-electron chi connectivity index (χ2n) is 27.1. The van der Waals surface area contributed by atoms with Gasteiger partial charge in [0.25, 0.3) is 0 Å². The number of carbonyl (C=O) groups excluding carboxylic acids is 15. The highest BCUT2D eigenvalue weighted by Gasteiger charge is 2.43. The van der Waals surface area contributed by atoms with Crippen LogP contribution in [0.5, 0.6) is 5.75 Å². The van der Waals surface area contributed by atoms with Gasteiger partial charge in [0.05, 0.1) is 64.2 Å². The zero-order valence-corrected chi connectivity index (χ0v) is 65.2. The fraction of sp³-hybridized carbons (Fsp3) is 0.614. The van der Waals surface area contributed by atoms with E-state index in [0.29, 0.717) is 42.2 Å². The summed E-state index contributed by atoms with van der Waals surface area (Å²) in [5.74, 6) is -10.9. The molecule has 2 aliphatic rings. The van der Waals surface area contributed by atoms with Gasteiger partial charge < -0.3 is 116 Å². The molecule has 2 aromatic rings. The minimum Gasteiger partial charge on any atom is -0.404 e. The maximum Gasteiger partial charge on any atom is 0.524 e. The van der Waals surface area contributed by atoms with Gasteiger partial charge >= 0.3 is 13.9 Å². The average molecular weight is 1620 g/mol. The van der Waals surface area contributed by atoms with Crippen molar-refractivity contribution in [2.45, 2.75) is 190 Å². The molecule has 2 saturated heterocycles. The van der Waals surface area contributed by atoms with E-state index in [0.717, 1.165) is 31.4 Å². The Morgan fingerprint density at radius 2 is 1.02 bits per heavy atom. The summed E-state index contributed by atoms with van der Waals surface area (Å²) in [7, 11) is -4.94. The van der Waals surface area contributed by atoms with Gasteiger partial charge in [-0.25, -0.2) is 9.36 Å². The van der Waals surface area contributed by atoms with Gasteiger partial charge in [0, 0.05) is 56.3 Å². The van der Waals surface area contributed by atoms with Crippen LogP contribution < -0.4 is 96.6 Å². The highest BCUT2D eigenvalue weighted by Crippen LogP contribution is 2.37. The summed E-state index contributed by atoms with van der Waals surface area (Å²) in [5.41, 5.74) is 23.1. The molecule has 0 spiro atoms. The molecule has 42 heteroatoms. The largest absolute Gasteiger partial charge is 0.524 e. The minimum absolute atomic E-state index is 0.0273. The molecular weight excluding hydrogens is 1510 g/mol. The lowest BCUT2D eigenvalue weighted by Gasteiger charge is -2.28. The topological polar surface area (TPSA) is 620 Å². The predicted octanol–water partition coefficient (Wildman–Crippen LogP) is -4.81. The van der Waals surface area contributed by atoms with Gasteiger partial charge in [-0.2, -0.15) is 11.8 Å². The van der Waals surface area contributed by atoms with Gasteiger partial charge in [-0.05, 0) is 88.5 Å². The first-order valence-corrected chi connectivity index (χ1v) is 39.4. The van der Waals surface area contributed by atoms with E-state index in [2.05, 4.69) is 73.6 Å². The number of phosphoric acid groups is 1. The number of primary amides is 3. The van der Waals surface area contributed by atoms with Crippen molar-refractivity contribution in [3.8, 4) is 5.75 Å². The number of phosphoric ester groups is 1. The lowest BCUT2D eigenvalue weighted by molar-refractivity contribution is -0.136. The van der Waals surface area contributed by atoms with Gasteiger partial charge in [0.1, 0.15) is 67.3 Å². The number of urea groups is 1. The molecule has 2 aromatic carbocycles. The molecule has 12 atom stereocenters. The zero-order valence-electron chi connectivity index (χ0n) is 63.5. The molecule has 0 aromatic heterocycles. The Bertz CT molecular complexity index is 3510. The Labute approximate surface area is 652 Å². The molecule has 40 nitrogen and oxygen atoms in total. The number of rotatable bonds is 56. The van der Waals surface area contributed by atoms with E-state index < -0.39 is 151 Å². The number of hydrogen-bond acceptors (Lipinski definition) is 23. The van der Waals surface area contributed by atoms with Gasteiger partial charge in [0.15, 0.2) is 0 Å². The standard InChI is InChI=1S/C70H110N17O23PS/c1-40(2)59(86-68(100)50(34-44-14-8-6-9-15-44)84-67(99)51(36-54(72)88)83-65(97)43(5)79-66(98)49(82-64(96)42(4)78-63(95)41(3)71)35-45-19-21-46(22-20-45)110-111(103,104)105)69(101)81-48(62(74)94)23-24-56(90)76-26-28-106-30-32-108-37-57(91)77-27-29-107-31-33-109-38-58(92)80-47(61(73)93)16-12-13-25-75-55(89)18-11-7-10-17-53-60-52(39-112-53)85-70(102)87-60/h6,8-9,14-15,19-22,40-43,47-53,59-60H,7,10-13,16-18,23-39,71H2,1-5H3,(H2,72,88)(H2,73,93)(H2,74,94)(H,75,89)(H,76,90)(H,77,91)(H,78,95)(H,79,98)(H,80,92)(H,81,101)(H,82,96)(H,83,97)(H,84,99)(H,86,100)(H2,85,87,102)(H2,103,104,105)/t41-,42-,43-,47-,48-,49-,50-,51-,52-,53-,59-,60-/m0/s1. The Kier molecular flexibility index (Phi) is 42.6. The molecule has 0 unspecified atom stereocenters. The van der Waals surface area contributed by atoms with Crippen molar-refractivity contribution >= 4 is 108 Å². The summed E-state index contributed by atoms with van der Waals surface area (Å²) >= 11 is 1.87. The molecule has 2 fully saturated rings. The molecular formula is C70H110N17O23PS. The van der Waals surface area contributed by atoms with Crippen LogP contribution >= 0.6 is 19.6 Å². The van der Waals surface area contributed by atoms with Crippen molar-refractivity contribution in [2.24, 2.45) is 28.9 Å². The van der Waals surface area contributed by atoms with Crippen LogP contribution in [0.2, 0.25) is 0 Å². The van der Waals surface area contributed by atoms with Crippen molar-refractivity contribution in [2.75, 3.05) is 78.2 Å². The fourth-order valence-electron chi connectivity index (χ4n) is 11.2. The number of amides is 16. The van der Waals surface area contributed by atoms with E-state index in [-0.39, 0.29) is 128 Å². The molecule has 624 valence electrons. The van der Waals surface area contributed by atoms with Crippen LogP contribution in [0.4, 0.5) is 4.79 Å². The van der Waals surface area contributed by atoms with Crippen molar-refractivity contribution in [1.82, 2.24) is 69.1 Å². The molecule has 0 radical (unpaired) electrons. The highest BCUT2D eigenvalue weighted by molar-refractivity contribution is 8.00. The van der Waals surface area contributed by atoms with E-state index in [1.165, 1.54) is 45.0 Å². The van der Waals surface area contributed by atoms with Crippen LogP contribution in [0.25, 0.3) is 0 Å². The summed E-state index contributed by atoms with van der Waals surface area (Å²) in [6.45, 7) is 7.38. The van der Waals surface area contributed by atoms with Crippen molar-refractivity contribution in [1.29, 1.82) is 0 Å². The Morgan fingerprint density at radius 3 is 1.60 bits per heavy atom. The third-order valence-corrected chi connectivity index (χ3v) is 19.2. The van der Waals surface area contributed by atoms with Crippen LogP contribution in [0.1, 0.15) is 116 Å². The maximum absolute atomic E-state index is 14.3. The Balaban J connectivity index is 1.12. The monoisotopic (exact) mass is 1620 g/mol. The van der Waals surface area contributed by atoms with E-state index in [4.69, 9.17) is 41.9 Å². The minimum atomic E-state index is -4.94. The quantitative estimate of drug-likeness (QED) is 0.0168. The van der Waals surface area contributed by atoms with Crippen molar-refractivity contribution in [3.05, 3.63) is 65.7 Å². The fourth-order valence-corrected chi connectivity index (χ4v) is 13.1. The second kappa shape index (κ2) is 50.4. The lowest BCUT2D eigenvalue weighted by atomic mass is 9.99. The number of nitrogens with two attached hydrogens (primary N) is 4. The van der Waals surface area contributed by atoms with Gasteiger partial charge in [-0.15, -0.1) is 0 Å². The highest BCUT2D eigenvalue weighted by atomic mass is 32.2. The number of fused-ring (bicyclic) bond motifs is 1. The molecule has 2 heterocycles. The number of hydrogen-bond donors (Lipinski definition) is 19. The Hall–Kier alpha value is -9.61. The number of carbonyl (C=O) groups is 15. The maximum atomic E-state index is 14.3. The third-order valence-electron chi connectivity index (χ3n) is 17.3. The van der Waals surface area contributed by atoms with Crippen LogP contribution in [-0.2, 0) is 103 Å². The number of unbranched alkanes of at least 4 members (excludes halogenated alkanes) is 3. The lowest BCUT2D eigenvalue weighted by Crippen LogP contribution is -2.61. The number of benzene rings is 2. The smallest absolute Gasteiger partial charge is 0.404 e. The van der Waals surface area contributed by atoms with Crippen LogP contribution in [-0.4, -0.2) is 248 Å². The predicted molar refractivity (Wildman–Crippen MR) is 404 cm³/mol. The summed E-state index contributed by atoms with van der Waals surface area (Å²) in [5, 5.41) is 34.2. The summed E-state index contributed by atoms with van der Waals surface area (Å²) in [6, 6.07) is 1.27. The summed E-state index contributed by atoms with van der Waals surface area (Å²) < 4.78 is 37.5. The normalized spacial score (nSPS) is 16.7. The summed E-state index contributed by atoms with van der Waals surface area (Å²) in [6.07, 6.45) is 3.53. The van der Waals surface area contributed by atoms with Crippen LogP contribution in [0.3, 0.4) is 0 Å². The third kappa shape index (κ3) is 38.1. The van der Waals surface area contributed by atoms with E-state index in [9.17, 15) is 86.3 Å². The first-order chi connectivity index (χ1) is 53.1. The second-order valence-corrected chi connectivity index (χ2v) is 29.5. The molecule has 4 rings (SSSR count). The molecule has 0 aliphatic carbocycles. The molecule has 0 bridgehead atoms. The molecule has 16 amide bonds. The van der Waals surface area contributed by atoms with Gasteiger partial charge in [0.2, 0.25) is 82.7 Å². The van der Waals surface area contributed by atoms with Gasteiger partial charge in [-0.3, -0.25) is 76.9 Å². The number of thioether (sulfide) groups is 1. The first-order valence-electron chi connectivity index (χ1n) is 36.8. The van der Waals surface area contributed by atoms with Crippen molar-refractivity contribution in [3.63, 3.8) is 0 Å². The van der Waals surface area contributed by atoms with Crippen molar-refractivity contribution < 1.29 is 110 Å². The molecule has 0 saturated carbocycles. The van der Waals surface area contributed by atoms with Crippen LogP contribution in [0.15, 0.2) is 54.6 Å². The number of nitrogens with one attached hydrogen (secondary N) is 13. The first kappa shape index (κ1) is 94.8. The van der Waals surface area contributed by atoms with E-state index in [1.54, 1.807) is 44.2 Å². The zero-order chi connectivity index (χ0) is 82.9. The van der Waals surface area contributed by atoms with E-state index in [1.807, 2.05) is 11.8 Å². The SMILES string of the molecule is CC(C)[C@H](NC(=O)[C@H](Cc1ccccc1)NC(=O)[C@H](CC(N)=O)NC(=O)[C@H](C)NC(=O)[C@H](Cc1ccc(OP(=O)(O)O)cc1)NC(=O)[C@H](C)NC(=O)[C@H](C)N)C(=O)N[C@@H](CCC(=O)NCCOCCOCC(=O)NCCOCCOCC(=O)N[C@@H](CCCCNC(=O)CCCCC[C@@H]1SC[C@@H]2NC(=O)N[C@@H]21)C(N)=O)C(N)=O. The van der Waals surface area contributed by atoms with Crippen LogP contribution in [0, 0.1) is 5.92 Å². The average Bonchev–Trinajstić information content (AvgIpc) is 1.72. The van der Waals surface area contributed by atoms with Gasteiger partial charge in [-0.1, -0.05) is 69.2 Å². The number of ether oxygens (including phenoxy) is 4. The Morgan fingerprint density at radius 1 is 0.509 bits per heavy atom. The molecule has 112 heavy (non-hydrogen) atoms.